The van der Waals surface area contributed by atoms with Gasteiger partial charge in [0.1, 0.15) is 5.75 Å². The molecule has 0 unspecified atom stereocenters. The third-order valence-electron chi connectivity index (χ3n) is 2.42. The van der Waals surface area contributed by atoms with E-state index in [4.69, 9.17) is 4.74 Å². The summed E-state index contributed by atoms with van der Waals surface area (Å²) < 4.78 is 7.40. The van der Waals surface area contributed by atoms with Crippen molar-refractivity contribution in [3.05, 3.63) is 30.0 Å². The van der Waals surface area contributed by atoms with Gasteiger partial charge in [-0.3, -0.25) is 0 Å². The summed E-state index contributed by atoms with van der Waals surface area (Å²) in [7, 11) is 3.76. The number of nitrogens with zero attached hydrogens (tertiary/aromatic N) is 1. The lowest BCUT2D eigenvalue weighted by atomic mass is 10.1. The van der Waals surface area contributed by atoms with Crippen LogP contribution in [0.3, 0.4) is 0 Å². The third-order valence-corrected chi connectivity index (χ3v) is 2.42. The van der Waals surface area contributed by atoms with Crippen LogP contribution in [0.25, 0.3) is 10.9 Å². The van der Waals surface area contributed by atoms with E-state index in [1.54, 1.807) is 7.11 Å². The molecule has 1 aromatic heterocycles. The molecule has 1 heterocycles. The fraction of sp³-hybridized carbons (Fsp3) is 0.273. The van der Waals surface area contributed by atoms with Gasteiger partial charge in [-0.15, -0.1) is 0 Å². The second-order valence-corrected chi connectivity index (χ2v) is 3.27. The zero-order valence-corrected chi connectivity index (χ0v) is 8.16. The van der Waals surface area contributed by atoms with E-state index in [0.29, 0.717) is 0 Å². The topological polar surface area (TPSA) is 14.2 Å². The minimum absolute atomic E-state index is 0.946. The first-order valence-corrected chi connectivity index (χ1v) is 4.32. The molecule has 2 rings (SSSR count). The molecule has 2 nitrogen and oxygen atoms in total. The Morgan fingerprint density at radius 1 is 1.23 bits per heavy atom. The fourth-order valence-electron chi connectivity index (χ4n) is 1.77. The lowest BCUT2D eigenvalue weighted by Gasteiger charge is -2.05. The molecule has 0 aliphatic carbocycles. The molecule has 0 N–H and O–H groups in total. The van der Waals surface area contributed by atoms with Crippen LogP contribution in [-0.2, 0) is 7.05 Å². The second kappa shape index (κ2) is 2.80. The summed E-state index contributed by atoms with van der Waals surface area (Å²) in [5, 5.41) is 1.19. The van der Waals surface area contributed by atoms with Crippen LogP contribution in [0.15, 0.2) is 24.4 Å². The van der Waals surface area contributed by atoms with Crippen LogP contribution in [0.2, 0.25) is 0 Å². The highest BCUT2D eigenvalue weighted by atomic mass is 16.5. The van der Waals surface area contributed by atoms with Crippen molar-refractivity contribution in [2.24, 2.45) is 7.05 Å². The molecule has 0 aliphatic rings. The average molecular weight is 175 g/mol. The minimum Gasteiger partial charge on any atom is -0.496 e. The Bertz CT molecular complexity index is 443. The first-order valence-electron chi connectivity index (χ1n) is 4.32. The molecule has 0 amide bonds. The molecule has 2 heteroatoms. The number of fused-ring (bicyclic) bond motifs is 1. The molecule has 0 atom stereocenters. The van der Waals surface area contributed by atoms with Gasteiger partial charge in [0.2, 0.25) is 0 Å². The van der Waals surface area contributed by atoms with Crippen LogP contribution in [0.4, 0.5) is 0 Å². The van der Waals surface area contributed by atoms with E-state index in [1.807, 2.05) is 6.07 Å². The zero-order valence-electron chi connectivity index (χ0n) is 8.16. The van der Waals surface area contributed by atoms with Crippen molar-refractivity contribution in [3.8, 4) is 5.75 Å². The van der Waals surface area contributed by atoms with E-state index in [2.05, 4.69) is 36.9 Å². The molecular formula is C11H13NO. The molecule has 0 radical (unpaired) electrons. The molecule has 1 aromatic carbocycles. The lowest BCUT2D eigenvalue weighted by molar-refractivity contribution is 0.420. The van der Waals surface area contributed by atoms with Gasteiger partial charge in [0, 0.05) is 18.6 Å². The van der Waals surface area contributed by atoms with E-state index < -0.39 is 0 Å². The van der Waals surface area contributed by atoms with E-state index in [1.165, 1.54) is 16.5 Å². The van der Waals surface area contributed by atoms with Crippen molar-refractivity contribution >= 4 is 10.9 Å². The number of benzene rings is 1. The first kappa shape index (κ1) is 8.17. The SMILES string of the molecule is COc1ccc(C)c2c1ccn2C. The molecule has 0 bridgehead atoms. The van der Waals surface area contributed by atoms with Gasteiger partial charge >= 0.3 is 0 Å². The van der Waals surface area contributed by atoms with Gasteiger partial charge in [-0.1, -0.05) is 6.07 Å². The van der Waals surface area contributed by atoms with Crippen molar-refractivity contribution in [2.75, 3.05) is 7.11 Å². The average Bonchev–Trinajstić information content (AvgIpc) is 2.50. The van der Waals surface area contributed by atoms with Crippen molar-refractivity contribution in [1.29, 1.82) is 0 Å². The van der Waals surface area contributed by atoms with Gasteiger partial charge in [0.25, 0.3) is 0 Å². The van der Waals surface area contributed by atoms with Crippen LogP contribution in [-0.4, -0.2) is 11.7 Å². The molecule has 0 fully saturated rings. The summed E-state index contributed by atoms with van der Waals surface area (Å²) in [6.07, 6.45) is 2.06. The van der Waals surface area contributed by atoms with Gasteiger partial charge in [0.05, 0.1) is 12.6 Å². The monoisotopic (exact) mass is 175 g/mol. The number of hydrogen-bond donors (Lipinski definition) is 0. The van der Waals surface area contributed by atoms with Gasteiger partial charge in [-0.05, 0) is 24.6 Å². The molecule has 0 aliphatic heterocycles. The van der Waals surface area contributed by atoms with Gasteiger partial charge in [0.15, 0.2) is 0 Å². The van der Waals surface area contributed by atoms with Gasteiger partial charge < -0.3 is 9.30 Å². The Morgan fingerprint density at radius 2 is 2.00 bits per heavy atom. The van der Waals surface area contributed by atoms with Crippen molar-refractivity contribution in [3.63, 3.8) is 0 Å². The lowest BCUT2D eigenvalue weighted by Crippen LogP contribution is -1.89. The minimum atomic E-state index is 0.946. The molecule has 0 saturated heterocycles. The third kappa shape index (κ3) is 1.10. The number of hydrogen-bond acceptors (Lipinski definition) is 1. The normalized spacial score (nSPS) is 10.7. The largest absolute Gasteiger partial charge is 0.496 e. The maximum atomic E-state index is 5.28. The van der Waals surface area contributed by atoms with Crippen LogP contribution in [0.5, 0.6) is 5.75 Å². The summed E-state index contributed by atoms with van der Waals surface area (Å²) in [6, 6.07) is 6.18. The van der Waals surface area contributed by atoms with Crippen LogP contribution in [0, 0.1) is 6.92 Å². The summed E-state index contributed by atoms with van der Waals surface area (Å²) in [5.41, 5.74) is 2.53. The quantitative estimate of drug-likeness (QED) is 0.649. The van der Waals surface area contributed by atoms with Gasteiger partial charge in [-0.2, -0.15) is 0 Å². The Hall–Kier alpha value is -1.44. The molecule has 13 heavy (non-hydrogen) atoms. The maximum Gasteiger partial charge on any atom is 0.128 e. The highest BCUT2D eigenvalue weighted by Gasteiger charge is 2.05. The van der Waals surface area contributed by atoms with Gasteiger partial charge in [-0.25, -0.2) is 0 Å². The van der Waals surface area contributed by atoms with E-state index in [9.17, 15) is 0 Å². The summed E-state index contributed by atoms with van der Waals surface area (Å²) >= 11 is 0. The molecule has 2 aromatic rings. The number of aromatic nitrogens is 1. The summed E-state index contributed by atoms with van der Waals surface area (Å²) in [5.74, 6) is 0.946. The maximum absolute atomic E-state index is 5.28. The Labute approximate surface area is 77.7 Å². The molecule has 0 saturated carbocycles. The highest BCUT2D eigenvalue weighted by molar-refractivity contribution is 5.88. The number of methoxy groups -OCH3 is 1. The Morgan fingerprint density at radius 3 is 2.69 bits per heavy atom. The van der Waals surface area contributed by atoms with E-state index in [-0.39, 0.29) is 0 Å². The summed E-state index contributed by atoms with van der Waals surface area (Å²) in [6.45, 7) is 2.11. The van der Waals surface area contributed by atoms with Crippen molar-refractivity contribution < 1.29 is 4.74 Å². The van der Waals surface area contributed by atoms with E-state index in [0.717, 1.165) is 5.75 Å². The number of rotatable bonds is 1. The predicted octanol–water partition coefficient (Wildman–Crippen LogP) is 2.50. The first-order chi connectivity index (χ1) is 6.24. The number of aryl methyl sites for hydroxylation is 2. The standard InChI is InChI=1S/C11H13NO/c1-8-4-5-10(13-3)9-6-7-12(2)11(8)9/h4-7H,1-3H3. The van der Waals surface area contributed by atoms with Crippen LogP contribution >= 0.6 is 0 Å². The Kier molecular flexibility index (Phi) is 1.76. The van der Waals surface area contributed by atoms with Crippen molar-refractivity contribution in [2.45, 2.75) is 6.92 Å². The predicted molar refractivity (Wildman–Crippen MR) is 54.2 cm³/mol. The molecule has 68 valence electrons. The fourth-order valence-corrected chi connectivity index (χ4v) is 1.77. The van der Waals surface area contributed by atoms with Crippen molar-refractivity contribution in [1.82, 2.24) is 4.57 Å². The highest BCUT2D eigenvalue weighted by Crippen LogP contribution is 2.28. The van der Waals surface area contributed by atoms with Crippen LogP contribution < -0.4 is 4.74 Å². The molecule has 0 spiro atoms. The second-order valence-electron chi connectivity index (χ2n) is 3.27. The summed E-state index contributed by atoms with van der Waals surface area (Å²) in [4.78, 5) is 0. The zero-order chi connectivity index (χ0) is 9.42. The number of ether oxygens (including phenoxy) is 1. The Balaban J connectivity index is 2.87. The molecular weight excluding hydrogens is 162 g/mol. The smallest absolute Gasteiger partial charge is 0.128 e. The van der Waals surface area contributed by atoms with Crippen LogP contribution in [0.1, 0.15) is 5.56 Å². The van der Waals surface area contributed by atoms with E-state index >= 15 is 0 Å².